The van der Waals surface area contributed by atoms with Crippen LogP contribution in [0, 0.1) is 10.1 Å². The molecule has 9 heteroatoms. The molecule has 2 aromatic rings. The number of hydrogen-bond donors (Lipinski definition) is 1. The first-order chi connectivity index (χ1) is 12.4. The number of methoxy groups -OCH3 is 2. The number of rotatable bonds is 7. The van der Waals surface area contributed by atoms with E-state index in [1.54, 1.807) is 12.1 Å². The zero-order valence-electron chi connectivity index (χ0n) is 14.1. The number of nitro benzene ring substituents is 1. The highest BCUT2D eigenvalue weighted by Crippen LogP contribution is 2.34. The number of hydrogen-bond acceptors (Lipinski definition) is 7. The van der Waals surface area contributed by atoms with Crippen molar-refractivity contribution < 1.29 is 28.7 Å². The molecular weight excluding hydrogens is 344 g/mol. The van der Waals surface area contributed by atoms with Gasteiger partial charge in [0.05, 0.1) is 25.2 Å². The summed E-state index contributed by atoms with van der Waals surface area (Å²) in [5.41, 5.74) is 5.33. The highest BCUT2D eigenvalue weighted by Gasteiger charge is 2.25. The lowest BCUT2D eigenvalue weighted by molar-refractivity contribution is -0.385. The summed E-state index contributed by atoms with van der Waals surface area (Å²) in [5, 5.41) is 11.2. The SMILES string of the molecule is COc1cc(C(=O)OCc2ccc(C(N)=O)cc2)c([N+](=O)[O-])cc1OC. The highest BCUT2D eigenvalue weighted by atomic mass is 16.6. The summed E-state index contributed by atoms with van der Waals surface area (Å²) in [6, 6.07) is 8.40. The molecule has 0 bridgehead atoms. The Labute approximate surface area is 148 Å². The fourth-order valence-corrected chi connectivity index (χ4v) is 2.17. The molecule has 2 rings (SSSR count). The number of carbonyl (C=O) groups excluding carboxylic acids is 2. The van der Waals surface area contributed by atoms with E-state index in [2.05, 4.69) is 0 Å². The van der Waals surface area contributed by atoms with E-state index < -0.39 is 22.5 Å². The van der Waals surface area contributed by atoms with Crippen LogP contribution in [0.4, 0.5) is 5.69 Å². The van der Waals surface area contributed by atoms with E-state index in [1.807, 2.05) is 0 Å². The average molecular weight is 360 g/mol. The van der Waals surface area contributed by atoms with Gasteiger partial charge in [-0.3, -0.25) is 14.9 Å². The molecule has 0 saturated carbocycles. The van der Waals surface area contributed by atoms with Gasteiger partial charge in [-0.05, 0) is 17.7 Å². The summed E-state index contributed by atoms with van der Waals surface area (Å²) in [5.74, 6) is -1.18. The van der Waals surface area contributed by atoms with Crippen LogP contribution in [0.15, 0.2) is 36.4 Å². The van der Waals surface area contributed by atoms with E-state index in [1.165, 1.54) is 32.4 Å². The Hall–Kier alpha value is -3.62. The van der Waals surface area contributed by atoms with Crippen molar-refractivity contribution in [2.24, 2.45) is 5.73 Å². The van der Waals surface area contributed by atoms with Crippen molar-refractivity contribution in [3.63, 3.8) is 0 Å². The van der Waals surface area contributed by atoms with E-state index in [0.29, 0.717) is 11.1 Å². The average Bonchev–Trinajstić information content (AvgIpc) is 2.65. The van der Waals surface area contributed by atoms with Crippen LogP contribution in [0.1, 0.15) is 26.3 Å². The molecule has 0 aliphatic carbocycles. The second-order valence-corrected chi connectivity index (χ2v) is 5.12. The molecule has 0 radical (unpaired) electrons. The molecule has 0 unspecified atom stereocenters. The monoisotopic (exact) mass is 360 g/mol. The Balaban J connectivity index is 2.22. The lowest BCUT2D eigenvalue weighted by Gasteiger charge is -2.10. The fourth-order valence-electron chi connectivity index (χ4n) is 2.17. The summed E-state index contributed by atoms with van der Waals surface area (Å²) in [6.45, 7) is -0.136. The van der Waals surface area contributed by atoms with Crippen molar-refractivity contribution in [1.82, 2.24) is 0 Å². The van der Waals surface area contributed by atoms with Crippen LogP contribution in [-0.2, 0) is 11.3 Å². The molecule has 26 heavy (non-hydrogen) atoms. The predicted molar refractivity (Wildman–Crippen MR) is 90.3 cm³/mol. The first-order valence-corrected chi connectivity index (χ1v) is 7.33. The van der Waals surface area contributed by atoms with Crippen molar-refractivity contribution in [2.75, 3.05) is 14.2 Å². The van der Waals surface area contributed by atoms with Gasteiger partial charge in [-0.2, -0.15) is 0 Å². The lowest BCUT2D eigenvalue weighted by Crippen LogP contribution is -2.11. The number of nitro groups is 1. The second-order valence-electron chi connectivity index (χ2n) is 5.12. The van der Waals surface area contributed by atoms with Crippen molar-refractivity contribution in [3.05, 3.63) is 63.2 Å². The van der Waals surface area contributed by atoms with Gasteiger partial charge in [-0.1, -0.05) is 12.1 Å². The molecule has 2 N–H and O–H groups in total. The van der Waals surface area contributed by atoms with Crippen LogP contribution in [0.5, 0.6) is 11.5 Å². The highest BCUT2D eigenvalue weighted by molar-refractivity contribution is 5.95. The molecule has 0 saturated heterocycles. The molecule has 0 aliphatic heterocycles. The van der Waals surface area contributed by atoms with Crippen molar-refractivity contribution >= 4 is 17.6 Å². The molecule has 0 aromatic heterocycles. The number of nitrogens with two attached hydrogens (primary N) is 1. The van der Waals surface area contributed by atoms with Gasteiger partial charge in [0, 0.05) is 11.6 Å². The number of amides is 1. The van der Waals surface area contributed by atoms with Crippen molar-refractivity contribution in [1.29, 1.82) is 0 Å². The Kier molecular flexibility index (Phi) is 5.74. The van der Waals surface area contributed by atoms with Crippen LogP contribution in [-0.4, -0.2) is 31.0 Å². The summed E-state index contributed by atoms with van der Waals surface area (Å²) in [6.07, 6.45) is 0. The van der Waals surface area contributed by atoms with Gasteiger partial charge in [0.2, 0.25) is 5.91 Å². The summed E-state index contributed by atoms with van der Waals surface area (Å²) >= 11 is 0. The van der Waals surface area contributed by atoms with Gasteiger partial charge < -0.3 is 19.9 Å². The Morgan fingerprint density at radius 1 is 1.08 bits per heavy atom. The van der Waals surface area contributed by atoms with Gasteiger partial charge in [0.25, 0.3) is 5.69 Å². The van der Waals surface area contributed by atoms with Gasteiger partial charge in [-0.15, -0.1) is 0 Å². The molecule has 0 aliphatic rings. The van der Waals surface area contributed by atoms with Gasteiger partial charge in [-0.25, -0.2) is 4.79 Å². The van der Waals surface area contributed by atoms with Crippen LogP contribution in [0.25, 0.3) is 0 Å². The predicted octanol–water partition coefficient (Wildman–Crippen LogP) is 2.07. The van der Waals surface area contributed by atoms with Crippen LogP contribution in [0.3, 0.4) is 0 Å². The molecule has 0 atom stereocenters. The van der Waals surface area contributed by atoms with Crippen LogP contribution < -0.4 is 15.2 Å². The first-order valence-electron chi connectivity index (χ1n) is 7.33. The molecule has 0 heterocycles. The van der Waals surface area contributed by atoms with E-state index in [4.69, 9.17) is 19.9 Å². The first kappa shape index (κ1) is 18.7. The Bertz CT molecular complexity index is 847. The van der Waals surface area contributed by atoms with Gasteiger partial charge in [0.1, 0.15) is 12.2 Å². The Morgan fingerprint density at radius 2 is 1.65 bits per heavy atom. The second kappa shape index (κ2) is 7.97. The number of esters is 1. The fraction of sp³-hybridized carbons (Fsp3) is 0.176. The minimum Gasteiger partial charge on any atom is -0.493 e. The molecule has 0 spiro atoms. The van der Waals surface area contributed by atoms with E-state index >= 15 is 0 Å². The summed E-state index contributed by atoms with van der Waals surface area (Å²) < 4.78 is 15.2. The molecule has 136 valence electrons. The van der Waals surface area contributed by atoms with E-state index in [9.17, 15) is 19.7 Å². The third-order valence-corrected chi connectivity index (χ3v) is 3.53. The molecule has 0 fully saturated rings. The van der Waals surface area contributed by atoms with Crippen LogP contribution in [0.2, 0.25) is 0 Å². The number of primary amides is 1. The van der Waals surface area contributed by atoms with E-state index in [0.717, 1.165) is 6.07 Å². The number of nitrogens with zero attached hydrogens (tertiary/aromatic N) is 1. The Morgan fingerprint density at radius 3 is 2.15 bits per heavy atom. The maximum atomic E-state index is 12.3. The topological polar surface area (TPSA) is 131 Å². The molecular formula is C17H16N2O7. The van der Waals surface area contributed by atoms with E-state index in [-0.39, 0.29) is 23.7 Å². The van der Waals surface area contributed by atoms with Crippen LogP contribution >= 0.6 is 0 Å². The third kappa shape index (κ3) is 4.07. The zero-order chi connectivity index (χ0) is 19.3. The zero-order valence-corrected chi connectivity index (χ0v) is 14.1. The minimum absolute atomic E-state index is 0.123. The standard InChI is InChI=1S/C17H16N2O7/c1-24-14-7-12(13(19(22)23)8-15(14)25-2)17(21)26-9-10-3-5-11(6-4-10)16(18)20/h3-8H,9H2,1-2H3,(H2,18,20). The number of benzene rings is 2. The lowest BCUT2D eigenvalue weighted by atomic mass is 10.1. The summed E-state index contributed by atoms with van der Waals surface area (Å²) in [4.78, 5) is 33.8. The quantitative estimate of drug-likeness (QED) is 0.454. The number of carbonyl (C=O) groups is 2. The maximum absolute atomic E-state index is 12.3. The normalized spacial score (nSPS) is 10.1. The van der Waals surface area contributed by atoms with Crippen molar-refractivity contribution in [3.8, 4) is 11.5 Å². The minimum atomic E-state index is -0.892. The number of ether oxygens (including phenoxy) is 3. The molecule has 1 amide bonds. The maximum Gasteiger partial charge on any atom is 0.345 e. The molecule has 2 aromatic carbocycles. The summed E-state index contributed by atoms with van der Waals surface area (Å²) in [7, 11) is 2.68. The van der Waals surface area contributed by atoms with Gasteiger partial charge in [0.15, 0.2) is 11.5 Å². The van der Waals surface area contributed by atoms with Gasteiger partial charge >= 0.3 is 5.97 Å². The molecule has 9 nitrogen and oxygen atoms in total. The third-order valence-electron chi connectivity index (χ3n) is 3.53. The van der Waals surface area contributed by atoms with Crippen molar-refractivity contribution in [2.45, 2.75) is 6.61 Å². The smallest absolute Gasteiger partial charge is 0.345 e. The largest absolute Gasteiger partial charge is 0.493 e.